The molecule has 0 saturated carbocycles. The number of benzene rings is 3. The molecule has 6 rings (SSSR count). The molecule has 1 aliphatic rings. The first-order valence-electron chi connectivity index (χ1n) is 13.7. The fourth-order valence-electron chi connectivity index (χ4n) is 5.51. The van der Waals surface area contributed by atoms with Crippen LogP contribution in [-0.2, 0) is 12.0 Å². The minimum atomic E-state index is -0.913. The highest BCUT2D eigenvalue weighted by atomic mass is 35.5. The molecule has 0 spiro atoms. The molecule has 0 radical (unpaired) electrons. The molecule has 210 valence electrons. The zero-order valence-corrected chi connectivity index (χ0v) is 23.7. The minimum absolute atomic E-state index is 0.171. The van der Waals surface area contributed by atoms with Gasteiger partial charge in [-0.2, -0.15) is 5.26 Å². The molecule has 0 bridgehead atoms. The predicted molar refractivity (Wildman–Crippen MR) is 158 cm³/mol. The maximum Gasteiger partial charge on any atom is 0.254 e. The van der Waals surface area contributed by atoms with Crippen LogP contribution in [-0.4, -0.2) is 27.5 Å². The van der Waals surface area contributed by atoms with Gasteiger partial charge in [-0.3, -0.25) is 4.79 Å². The normalized spacial score (nSPS) is 16.2. The summed E-state index contributed by atoms with van der Waals surface area (Å²) in [5, 5.41) is 18.7. The van der Waals surface area contributed by atoms with E-state index in [4.69, 9.17) is 26.2 Å². The Labute approximate surface area is 248 Å². The van der Waals surface area contributed by atoms with Gasteiger partial charge in [0.05, 0.1) is 23.2 Å². The Bertz CT molecular complexity index is 1790. The molecule has 3 aromatic carbocycles. The van der Waals surface area contributed by atoms with Crippen LogP contribution in [0.2, 0.25) is 5.22 Å². The van der Waals surface area contributed by atoms with Gasteiger partial charge in [-0.1, -0.05) is 48.5 Å². The number of carbonyl (C=O) groups excluding carboxylic acids is 1. The molecule has 8 nitrogen and oxygen atoms in total. The lowest BCUT2D eigenvalue weighted by Gasteiger charge is -2.24. The maximum absolute atomic E-state index is 14.0. The highest BCUT2D eigenvalue weighted by Gasteiger charge is 2.34. The van der Waals surface area contributed by atoms with Gasteiger partial charge in [-0.25, -0.2) is 0 Å². The lowest BCUT2D eigenvalue weighted by Crippen LogP contribution is -2.35. The van der Waals surface area contributed by atoms with Gasteiger partial charge in [0.25, 0.3) is 5.91 Å². The second-order valence-corrected chi connectivity index (χ2v) is 11.1. The van der Waals surface area contributed by atoms with E-state index in [1.165, 1.54) is 0 Å². The summed E-state index contributed by atoms with van der Waals surface area (Å²) in [6.07, 6.45) is 2.10. The molecule has 2 atom stereocenters. The third kappa shape index (κ3) is 5.45. The molecule has 5 aromatic rings. The van der Waals surface area contributed by atoms with Crippen LogP contribution in [0, 0.1) is 11.3 Å². The molecule has 2 aromatic heterocycles. The van der Waals surface area contributed by atoms with Crippen LogP contribution in [0.25, 0.3) is 22.6 Å². The monoisotopic (exact) mass is 577 g/mol. The van der Waals surface area contributed by atoms with Crippen LogP contribution < -0.4 is 5.73 Å². The number of nitrogens with two attached hydrogens (primary N) is 1. The van der Waals surface area contributed by atoms with Crippen LogP contribution in [0.1, 0.15) is 58.9 Å². The molecule has 0 aliphatic carbocycles. The maximum atomic E-state index is 14.0. The van der Waals surface area contributed by atoms with E-state index in [1.54, 1.807) is 35.2 Å². The number of nitriles is 1. The number of amides is 1. The summed E-state index contributed by atoms with van der Waals surface area (Å²) in [4.78, 5) is 15.8. The molecule has 2 N–H and O–H groups in total. The van der Waals surface area contributed by atoms with E-state index < -0.39 is 5.54 Å². The van der Waals surface area contributed by atoms with Gasteiger partial charge in [0.1, 0.15) is 5.76 Å². The Morgan fingerprint density at radius 3 is 2.57 bits per heavy atom. The van der Waals surface area contributed by atoms with E-state index >= 15 is 0 Å². The first kappa shape index (κ1) is 27.5. The second kappa shape index (κ2) is 11.3. The Hall–Kier alpha value is -4.71. The molecule has 1 fully saturated rings. The van der Waals surface area contributed by atoms with E-state index in [0.717, 1.165) is 18.4 Å². The Morgan fingerprint density at radius 1 is 1.05 bits per heavy atom. The molecule has 3 heterocycles. The smallest absolute Gasteiger partial charge is 0.254 e. The highest BCUT2D eigenvalue weighted by molar-refractivity contribution is 6.28. The number of aromatic nitrogens is 2. The molecule has 1 aliphatic heterocycles. The summed E-state index contributed by atoms with van der Waals surface area (Å²) in [7, 11) is 0. The average molecular weight is 578 g/mol. The molecule has 9 heteroatoms. The van der Waals surface area contributed by atoms with Crippen molar-refractivity contribution in [3.63, 3.8) is 0 Å². The van der Waals surface area contributed by atoms with Crippen molar-refractivity contribution in [1.82, 2.24) is 15.1 Å². The lowest BCUT2D eigenvalue weighted by atomic mass is 9.94. The Balaban J connectivity index is 1.40. The van der Waals surface area contributed by atoms with Gasteiger partial charge >= 0.3 is 0 Å². The van der Waals surface area contributed by atoms with Crippen molar-refractivity contribution in [3.05, 3.63) is 118 Å². The van der Waals surface area contributed by atoms with Crippen molar-refractivity contribution in [2.45, 2.75) is 37.8 Å². The lowest BCUT2D eigenvalue weighted by molar-refractivity contribution is 0.0720. The Kier molecular flexibility index (Phi) is 7.38. The molecule has 1 amide bonds. The number of rotatable bonds is 7. The van der Waals surface area contributed by atoms with Gasteiger partial charge in [-0.15, -0.1) is 10.2 Å². The van der Waals surface area contributed by atoms with E-state index in [2.05, 4.69) is 16.3 Å². The first-order chi connectivity index (χ1) is 20.3. The summed E-state index contributed by atoms with van der Waals surface area (Å²) >= 11 is 6.04. The van der Waals surface area contributed by atoms with Crippen molar-refractivity contribution < 1.29 is 13.6 Å². The van der Waals surface area contributed by atoms with Gasteiger partial charge in [0.2, 0.25) is 11.8 Å². The average Bonchev–Trinajstić information content (AvgIpc) is 3.78. The van der Waals surface area contributed by atoms with Gasteiger partial charge in [-0.05, 0) is 90.9 Å². The summed E-state index contributed by atoms with van der Waals surface area (Å²) in [6.45, 7) is 2.42. The quantitative estimate of drug-likeness (QED) is 0.223. The minimum Gasteiger partial charge on any atom is -0.448 e. The van der Waals surface area contributed by atoms with Gasteiger partial charge in [0.15, 0.2) is 5.22 Å². The van der Waals surface area contributed by atoms with Crippen molar-refractivity contribution in [2.24, 2.45) is 5.73 Å². The highest BCUT2D eigenvalue weighted by Crippen LogP contribution is 2.37. The van der Waals surface area contributed by atoms with Crippen LogP contribution in [0.4, 0.5) is 0 Å². The van der Waals surface area contributed by atoms with Crippen LogP contribution in [0.15, 0.2) is 93.8 Å². The van der Waals surface area contributed by atoms with E-state index in [-0.39, 0.29) is 28.9 Å². The number of nitrogens with zero attached hydrogens (tertiary/aromatic N) is 4. The molecular formula is C33H28ClN5O3. The van der Waals surface area contributed by atoms with E-state index in [0.29, 0.717) is 46.5 Å². The molecular weight excluding hydrogens is 550 g/mol. The predicted octanol–water partition coefficient (Wildman–Crippen LogP) is 6.92. The third-order valence-corrected chi connectivity index (χ3v) is 7.75. The molecule has 1 unspecified atom stereocenters. The summed E-state index contributed by atoms with van der Waals surface area (Å²) < 4.78 is 11.8. The number of likely N-dealkylation sites (tertiary alicyclic amines) is 1. The standard InChI is InChI=1S/C33H28ClN5O3/c1-33(36,19-21-8-3-2-4-9-21)32-38-37-30(42-32)24-16-23(26-11-6-5-10-22(26)20-35)17-25(18-24)31(40)39-15-7-12-27(39)28-13-14-29(34)41-28/h2-6,8-11,13-14,16-18,27H,7,12,15,19,36H2,1H3/t27?,33-/m0/s1. The SMILES string of the molecule is C[C@](N)(Cc1ccccc1)c1nnc(-c2cc(C(=O)N3CCCC3c3ccc(Cl)o3)cc(-c3ccccc3C#N)c2)o1. The zero-order chi connectivity index (χ0) is 29.3. The van der Waals surface area contributed by atoms with Gasteiger partial charge in [0, 0.05) is 17.7 Å². The number of carbonyl (C=O) groups is 1. The molecule has 42 heavy (non-hydrogen) atoms. The van der Waals surface area contributed by atoms with Crippen molar-refractivity contribution in [2.75, 3.05) is 6.54 Å². The van der Waals surface area contributed by atoms with Crippen molar-refractivity contribution in [1.29, 1.82) is 5.26 Å². The number of furan rings is 1. The van der Waals surface area contributed by atoms with E-state index in [9.17, 15) is 10.1 Å². The topological polar surface area (TPSA) is 122 Å². The zero-order valence-electron chi connectivity index (χ0n) is 23.0. The Morgan fingerprint density at radius 2 is 1.81 bits per heavy atom. The van der Waals surface area contributed by atoms with Crippen molar-refractivity contribution in [3.8, 4) is 28.7 Å². The first-order valence-corrected chi connectivity index (χ1v) is 14.1. The van der Waals surface area contributed by atoms with Crippen LogP contribution in [0.3, 0.4) is 0 Å². The number of hydrogen-bond donors (Lipinski definition) is 1. The largest absolute Gasteiger partial charge is 0.448 e. The third-order valence-electron chi connectivity index (χ3n) is 7.55. The van der Waals surface area contributed by atoms with Gasteiger partial charge < -0.3 is 19.5 Å². The summed E-state index contributed by atoms with van der Waals surface area (Å²) in [5.41, 5.74) is 9.62. The fraction of sp³-hybridized carbons (Fsp3) is 0.212. The second-order valence-electron chi connectivity index (χ2n) is 10.7. The van der Waals surface area contributed by atoms with E-state index in [1.807, 2.05) is 61.5 Å². The van der Waals surface area contributed by atoms with Crippen molar-refractivity contribution >= 4 is 17.5 Å². The fourth-order valence-corrected chi connectivity index (χ4v) is 5.66. The summed E-state index contributed by atoms with van der Waals surface area (Å²) in [5.74, 6) is 0.997. The van der Waals surface area contributed by atoms with Crippen LogP contribution in [0.5, 0.6) is 0 Å². The summed E-state index contributed by atoms with van der Waals surface area (Å²) in [6, 6.07) is 28.0. The molecule has 1 saturated heterocycles. The number of halogens is 1. The van der Waals surface area contributed by atoms with Crippen LogP contribution >= 0.6 is 11.6 Å². The number of hydrogen-bond acceptors (Lipinski definition) is 7.